The van der Waals surface area contributed by atoms with Gasteiger partial charge in [0.1, 0.15) is 12.0 Å². The first kappa shape index (κ1) is 31.4. The van der Waals surface area contributed by atoms with Crippen molar-refractivity contribution >= 4 is 17.5 Å². The van der Waals surface area contributed by atoms with E-state index in [1.54, 1.807) is 0 Å². The first-order chi connectivity index (χ1) is 22.4. The second kappa shape index (κ2) is 12.9. The number of ketones is 2. The number of ether oxygens (including phenoxy) is 1. The van der Waals surface area contributed by atoms with Crippen molar-refractivity contribution in [2.45, 2.75) is 120 Å². The normalized spacial score (nSPS) is 44.0. The van der Waals surface area contributed by atoms with Gasteiger partial charge in [-0.2, -0.15) is 0 Å². The molecule has 10 heteroatoms. The van der Waals surface area contributed by atoms with Gasteiger partial charge in [0.25, 0.3) is 5.91 Å². The SMILES string of the molecule is CN1CCCC1CCNC1C(F)CC2C(=O)C(C(=O)NCCN3CCCC3)=CN3C4CC5C(CC4OC1C23)C(=O)C1CCCCC15. The fourth-order valence-electron chi connectivity index (χ4n) is 11.3. The van der Waals surface area contributed by atoms with Crippen molar-refractivity contribution in [3.8, 4) is 0 Å². The van der Waals surface area contributed by atoms with Gasteiger partial charge >= 0.3 is 0 Å². The molecule has 1 amide bonds. The molecular formula is C36H54FN5O4. The number of carbonyl (C=O) groups excluding carboxylic acids is 3. The third-order valence-electron chi connectivity index (χ3n) is 13.6. The Labute approximate surface area is 273 Å². The summed E-state index contributed by atoms with van der Waals surface area (Å²) in [6.07, 6.45) is 11.6. The number of fused-ring (bicyclic) bond motifs is 5. The minimum atomic E-state index is -1.25. The minimum absolute atomic E-state index is 0.0112. The lowest BCUT2D eigenvalue weighted by Gasteiger charge is -2.60. The van der Waals surface area contributed by atoms with E-state index in [9.17, 15) is 14.4 Å². The van der Waals surface area contributed by atoms with Crippen molar-refractivity contribution in [1.29, 1.82) is 0 Å². The Morgan fingerprint density at radius 3 is 2.57 bits per heavy atom. The summed E-state index contributed by atoms with van der Waals surface area (Å²) in [6, 6.07) is -0.326. The molecule has 0 aromatic rings. The third kappa shape index (κ3) is 5.47. The molecule has 12 atom stereocenters. The van der Waals surface area contributed by atoms with Gasteiger partial charge in [-0.1, -0.05) is 12.8 Å². The summed E-state index contributed by atoms with van der Waals surface area (Å²) in [4.78, 5) is 48.3. The van der Waals surface area contributed by atoms with Crippen LogP contribution in [-0.2, 0) is 19.1 Å². The van der Waals surface area contributed by atoms with Crippen molar-refractivity contribution in [3.63, 3.8) is 0 Å². The average molecular weight is 640 g/mol. The zero-order valence-electron chi connectivity index (χ0n) is 27.6. The van der Waals surface area contributed by atoms with Crippen molar-refractivity contribution < 1.29 is 23.5 Å². The Hall–Kier alpha value is -1.88. The van der Waals surface area contributed by atoms with E-state index >= 15 is 4.39 Å². The summed E-state index contributed by atoms with van der Waals surface area (Å²) < 4.78 is 23.2. The van der Waals surface area contributed by atoms with Gasteiger partial charge in [-0.25, -0.2) is 4.39 Å². The number of hydrogen-bond acceptors (Lipinski definition) is 8. The molecule has 8 aliphatic rings. The van der Waals surface area contributed by atoms with E-state index < -0.39 is 24.2 Å². The van der Waals surface area contributed by atoms with Crippen LogP contribution in [0.4, 0.5) is 4.39 Å². The number of amides is 1. The van der Waals surface area contributed by atoms with E-state index in [2.05, 4.69) is 32.4 Å². The Morgan fingerprint density at radius 2 is 1.76 bits per heavy atom. The van der Waals surface area contributed by atoms with E-state index in [0.717, 1.165) is 58.3 Å². The van der Waals surface area contributed by atoms with Crippen molar-refractivity contribution in [3.05, 3.63) is 11.8 Å². The maximum absolute atomic E-state index is 16.3. The number of morpholine rings is 1. The number of likely N-dealkylation sites (tertiary alicyclic amines) is 2. The predicted molar refractivity (Wildman–Crippen MR) is 172 cm³/mol. The lowest BCUT2D eigenvalue weighted by molar-refractivity contribution is -0.206. The summed E-state index contributed by atoms with van der Waals surface area (Å²) in [5.74, 6) is 0.197. The molecule has 9 nitrogen and oxygen atoms in total. The average Bonchev–Trinajstić information content (AvgIpc) is 3.79. The fraction of sp³-hybridized carbons (Fsp3) is 0.861. The summed E-state index contributed by atoms with van der Waals surface area (Å²) in [7, 11) is 2.17. The first-order valence-corrected chi connectivity index (χ1v) is 18.7. The van der Waals surface area contributed by atoms with Gasteiger partial charge in [-0.05, 0) is 109 Å². The number of carbonyl (C=O) groups is 3. The molecular weight excluding hydrogens is 585 g/mol. The Balaban J connectivity index is 1.06. The summed E-state index contributed by atoms with van der Waals surface area (Å²) in [5.41, 5.74) is 0.171. The fourth-order valence-corrected chi connectivity index (χ4v) is 11.3. The van der Waals surface area contributed by atoms with Crippen LogP contribution >= 0.6 is 0 Å². The van der Waals surface area contributed by atoms with Gasteiger partial charge in [0.15, 0.2) is 5.78 Å². The second-order valence-corrected chi connectivity index (χ2v) is 16.0. The van der Waals surface area contributed by atoms with Crippen LogP contribution in [0.15, 0.2) is 11.8 Å². The standard InChI is InChI=1S/C36H54FN5O4/c1-40-13-6-7-21(40)10-11-38-31-28(37)17-26-32-35(31)46-30-19-25-24(22-8-2-3-9-23(22)33(25)43)18-29(30)42(32)20-27(34(26)44)36(45)39-12-16-41-14-4-5-15-41/h20-26,28-32,35,38H,2-19H2,1H3,(H,39,45). The number of halogens is 1. The van der Waals surface area contributed by atoms with E-state index in [1.807, 2.05) is 6.20 Å². The highest BCUT2D eigenvalue weighted by atomic mass is 19.1. The van der Waals surface area contributed by atoms with Crippen LogP contribution in [0.5, 0.6) is 0 Å². The molecule has 7 fully saturated rings. The van der Waals surface area contributed by atoms with E-state index in [0.29, 0.717) is 43.2 Å². The zero-order valence-corrected chi connectivity index (χ0v) is 27.6. The quantitative estimate of drug-likeness (QED) is 0.392. The largest absolute Gasteiger partial charge is 0.369 e. The molecule has 0 aromatic heterocycles. The molecule has 4 saturated carbocycles. The van der Waals surface area contributed by atoms with Crippen LogP contribution in [0.3, 0.4) is 0 Å². The number of Topliss-reactive ketones (excluding diaryl/α,β-unsaturated/α-hetero) is 2. The van der Waals surface area contributed by atoms with Gasteiger partial charge < -0.3 is 30.1 Å². The summed E-state index contributed by atoms with van der Waals surface area (Å²) in [5, 5.41) is 6.59. The molecule has 4 aliphatic heterocycles. The van der Waals surface area contributed by atoms with Gasteiger partial charge in [0.2, 0.25) is 0 Å². The van der Waals surface area contributed by atoms with Crippen LogP contribution < -0.4 is 10.6 Å². The van der Waals surface area contributed by atoms with Gasteiger partial charge in [-0.3, -0.25) is 14.4 Å². The van der Waals surface area contributed by atoms with E-state index in [4.69, 9.17) is 4.74 Å². The van der Waals surface area contributed by atoms with E-state index in [-0.39, 0.29) is 53.7 Å². The lowest BCUT2D eigenvalue weighted by atomic mass is 9.66. The molecule has 0 bridgehead atoms. The number of rotatable bonds is 8. The molecule has 4 heterocycles. The third-order valence-corrected chi connectivity index (χ3v) is 13.6. The molecule has 3 saturated heterocycles. The molecule has 12 unspecified atom stereocenters. The van der Waals surface area contributed by atoms with Crippen LogP contribution in [0.2, 0.25) is 0 Å². The smallest absolute Gasteiger partial charge is 0.256 e. The van der Waals surface area contributed by atoms with Crippen molar-refractivity contribution in [2.75, 3.05) is 46.3 Å². The summed E-state index contributed by atoms with van der Waals surface area (Å²) >= 11 is 0. The number of alkyl halides is 1. The Bertz CT molecular complexity index is 1220. The molecule has 254 valence electrons. The zero-order chi connectivity index (χ0) is 31.5. The highest BCUT2D eigenvalue weighted by Crippen LogP contribution is 2.56. The van der Waals surface area contributed by atoms with Crippen LogP contribution in [0.25, 0.3) is 0 Å². The number of nitrogens with one attached hydrogen (secondary N) is 2. The van der Waals surface area contributed by atoms with E-state index in [1.165, 1.54) is 32.1 Å². The van der Waals surface area contributed by atoms with Gasteiger partial charge in [0.05, 0.1) is 35.9 Å². The predicted octanol–water partition coefficient (Wildman–Crippen LogP) is 2.69. The molecule has 4 aliphatic carbocycles. The molecule has 2 N–H and O–H groups in total. The van der Waals surface area contributed by atoms with Crippen LogP contribution in [0.1, 0.15) is 77.0 Å². The van der Waals surface area contributed by atoms with Gasteiger partial charge in [0, 0.05) is 43.1 Å². The molecule has 0 radical (unpaired) electrons. The van der Waals surface area contributed by atoms with Crippen molar-refractivity contribution in [2.24, 2.45) is 29.6 Å². The van der Waals surface area contributed by atoms with Crippen molar-refractivity contribution in [1.82, 2.24) is 25.3 Å². The summed E-state index contributed by atoms with van der Waals surface area (Å²) in [6.45, 7) is 5.19. The topological polar surface area (TPSA) is 94.2 Å². The lowest BCUT2D eigenvalue weighted by Crippen LogP contribution is -2.73. The number of hydrogen-bond donors (Lipinski definition) is 2. The molecule has 8 rings (SSSR count). The molecule has 0 spiro atoms. The molecule has 0 aromatic carbocycles. The highest BCUT2D eigenvalue weighted by Gasteiger charge is 2.62. The Morgan fingerprint density at radius 1 is 0.935 bits per heavy atom. The maximum Gasteiger partial charge on any atom is 0.256 e. The maximum atomic E-state index is 16.3. The molecule has 46 heavy (non-hydrogen) atoms. The minimum Gasteiger partial charge on any atom is -0.369 e. The Kier molecular flexibility index (Phi) is 8.78. The monoisotopic (exact) mass is 639 g/mol. The number of nitrogens with zero attached hydrogens (tertiary/aromatic N) is 3. The highest BCUT2D eigenvalue weighted by molar-refractivity contribution is 6.20. The second-order valence-electron chi connectivity index (χ2n) is 16.0. The van der Waals surface area contributed by atoms with Crippen LogP contribution in [0, 0.1) is 29.6 Å². The van der Waals surface area contributed by atoms with Crippen LogP contribution in [-0.4, -0.2) is 121 Å². The first-order valence-electron chi connectivity index (χ1n) is 18.7. The van der Waals surface area contributed by atoms with Gasteiger partial charge in [-0.15, -0.1) is 0 Å².